The number of halogens is 10. The first-order chi connectivity index (χ1) is 24.1. The van der Waals surface area contributed by atoms with Crippen molar-refractivity contribution in [1.29, 1.82) is 0 Å². The molecule has 1 atom stereocenters. The van der Waals surface area contributed by atoms with E-state index in [0.717, 1.165) is 25.1 Å². The van der Waals surface area contributed by atoms with E-state index in [1.54, 1.807) is 44.2 Å². The van der Waals surface area contributed by atoms with Crippen molar-refractivity contribution in [2.75, 3.05) is 7.11 Å². The summed E-state index contributed by atoms with van der Waals surface area (Å²) >= 11 is 0. The summed E-state index contributed by atoms with van der Waals surface area (Å²) in [7, 11) is 1.19. The van der Waals surface area contributed by atoms with E-state index in [1.807, 2.05) is 0 Å². The third kappa shape index (κ3) is 9.22. The minimum atomic E-state index is -5.30. The van der Waals surface area contributed by atoms with Gasteiger partial charge in [0.1, 0.15) is 18.2 Å². The largest absolute Gasteiger partial charge is 0.496 e. The molecule has 4 aromatic carbocycles. The van der Waals surface area contributed by atoms with Crippen LogP contribution in [-0.4, -0.2) is 29.9 Å². The molecule has 1 unspecified atom stereocenters. The van der Waals surface area contributed by atoms with Gasteiger partial charge < -0.3 is 9.47 Å². The number of Topliss-reactive ketones (excluding diaryl/α,β-unsaturated/α-hetero) is 1. The van der Waals surface area contributed by atoms with Gasteiger partial charge in [0.2, 0.25) is 0 Å². The topological polar surface area (TPSA) is 55.8 Å². The van der Waals surface area contributed by atoms with Gasteiger partial charge in [0.05, 0.1) is 36.4 Å². The Morgan fingerprint density at radius 1 is 0.712 bits per heavy atom. The highest BCUT2D eigenvalue weighted by Crippen LogP contribution is 2.41. The van der Waals surface area contributed by atoms with Crippen LogP contribution in [0.15, 0.2) is 78.9 Å². The number of rotatable bonds is 10. The van der Waals surface area contributed by atoms with Crippen LogP contribution in [0, 0.1) is 5.82 Å². The Morgan fingerprint density at radius 2 is 1.29 bits per heavy atom. The molecule has 0 fully saturated rings. The van der Waals surface area contributed by atoms with E-state index in [-0.39, 0.29) is 46.2 Å². The molecule has 4 aromatic rings. The Balaban J connectivity index is 1.90. The lowest BCUT2D eigenvalue weighted by atomic mass is 9.91. The van der Waals surface area contributed by atoms with Gasteiger partial charge in [-0.15, -0.1) is 0 Å². The SMILES string of the molecule is COc1cc(F)c(C(C)C)cc1-c1ccc(C(F)(F)F)cc1CN(C(=O)OCc1ccccc1)C(C)C(=O)c1cc(C(F)(F)F)cc(C(F)(F)F)c1. The summed E-state index contributed by atoms with van der Waals surface area (Å²) in [6, 6.07) is 11.1. The van der Waals surface area contributed by atoms with Crippen LogP contribution in [0.25, 0.3) is 11.1 Å². The smallest absolute Gasteiger partial charge is 0.416 e. The van der Waals surface area contributed by atoms with E-state index in [1.165, 1.54) is 13.2 Å². The molecule has 5 nitrogen and oxygen atoms in total. The number of ether oxygens (including phenoxy) is 2. The number of alkyl halides is 9. The molecule has 0 aliphatic carbocycles. The van der Waals surface area contributed by atoms with E-state index in [0.29, 0.717) is 16.5 Å². The molecule has 0 saturated heterocycles. The van der Waals surface area contributed by atoms with Gasteiger partial charge in [-0.25, -0.2) is 9.18 Å². The lowest BCUT2D eigenvalue weighted by molar-refractivity contribution is -0.143. The molecule has 1 amide bonds. The zero-order chi connectivity index (χ0) is 38.8. The van der Waals surface area contributed by atoms with Gasteiger partial charge in [-0.3, -0.25) is 9.69 Å². The highest BCUT2D eigenvalue weighted by atomic mass is 19.4. The molecule has 4 rings (SSSR count). The second kappa shape index (κ2) is 15.3. The highest BCUT2D eigenvalue weighted by Gasteiger charge is 2.39. The Bertz CT molecular complexity index is 1890. The Kier molecular flexibility index (Phi) is 11.7. The van der Waals surface area contributed by atoms with Gasteiger partial charge in [0, 0.05) is 17.2 Å². The first-order valence-corrected chi connectivity index (χ1v) is 15.5. The quantitative estimate of drug-likeness (QED) is 0.120. The van der Waals surface area contributed by atoms with Crippen molar-refractivity contribution in [2.24, 2.45) is 0 Å². The molecule has 0 aromatic heterocycles. The van der Waals surface area contributed by atoms with Crippen molar-refractivity contribution >= 4 is 11.9 Å². The maximum atomic E-state index is 14.9. The summed E-state index contributed by atoms with van der Waals surface area (Å²) in [4.78, 5) is 28.0. The van der Waals surface area contributed by atoms with Crippen LogP contribution in [0.3, 0.4) is 0 Å². The van der Waals surface area contributed by atoms with E-state index < -0.39 is 83.6 Å². The zero-order valence-corrected chi connectivity index (χ0v) is 27.9. The number of nitrogens with zero attached hydrogens (tertiary/aromatic N) is 1. The third-order valence-corrected chi connectivity index (χ3v) is 8.16. The summed E-state index contributed by atoms with van der Waals surface area (Å²) in [5.74, 6) is -2.58. The molecule has 0 spiro atoms. The zero-order valence-electron chi connectivity index (χ0n) is 27.9. The number of hydrogen-bond donors (Lipinski definition) is 0. The van der Waals surface area contributed by atoms with Crippen LogP contribution in [0.2, 0.25) is 0 Å². The van der Waals surface area contributed by atoms with E-state index in [9.17, 15) is 53.5 Å². The average molecular weight is 744 g/mol. The number of methoxy groups -OCH3 is 1. The number of carbonyl (C=O) groups is 2. The molecule has 52 heavy (non-hydrogen) atoms. The Morgan fingerprint density at radius 3 is 1.81 bits per heavy atom. The first kappa shape index (κ1) is 39.7. The molecular formula is C37H31F10NO4. The minimum absolute atomic E-state index is 0.00863. The fourth-order valence-corrected chi connectivity index (χ4v) is 5.38. The fourth-order valence-electron chi connectivity index (χ4n) is 5.38. The standard InChI is InChI=1S/C37H31F10NO4/c1-20(2)29-16-30(32(51-4)17-31(29)38)28-11-10-25(35(39,40)41)14-24(28)18-48(34(50)52-19-22-8-6-5-7-9-22)21(3)33(49)23-12-26(36(42,43)44)15-27(13-23)37(45,46)47/h5-17,20-21H,18-19H2,1-4H3. The van der Waals surface area contributed by atoms with Crippen LogP contribution in [0.5, 0.6) is 5.75 Å². The monoisotopic (exact) mass is 743 g/mol. The van der Waals surface area contributed by atoms with Gasteiger partial charge in [0.15, 0.2) is 5.78 Å². The molecular weight excluding hydrogens is 712 g/mol. The van der Waals surface area contributed by atoms with E-state index >= 15 is 0 Å². The van der Waals surface area contributed by atoms with Crippen molar-refractivity contribution in [2.45, 2.75) is 64.4 Å². The van der Waals surface area contributed by atoms with E-state index in [2.05, 4.69) is 0 Å². The molecule has 0 heterocycles. The molecule has 15 heteroatoms. The Hall–Kier alpha value is -5.08. The summed E-state index contributed by atoms with van der Waals surface area (Å²) in [5.41, 5.74) is -5.44. The molecule has 0 saturated carbocycles. The van der Waals surface area contributed by atoms with Crippen molar-refractivity contribution < 1.29 is 63.0 Å². The lowest BCUT2D eigenvalue weighted by Gasteiger charge is -2.29. The lowest BCUT2D eigenvalue weighted by Crippen LogP contribution is -2.43. The van der Waals surface area contributed by atoms with Crippen molar-refractivity contribution in [3.05, 3.63) is 124 Å². The summed E-state index contributed by atoms with van der Waals surface area (Å²) in [5, 5.41) is 0. The molecule has 278 valence electrons. The van der Waals surface area contributed by atoms with Crippen molar-refractivity contribution in [3.8, 4) is 16.9 Å². The Labute approximate surface area is 291 Å². The summed E-state index contributed by atoms with van der Waals surface area (Å²) in [6.45, 7) is 3.03. The molecule has 0 aliphatic heterocycles. The van der Waals surface area contributed by atoms with E-state index in [4.69, 9.17) is 9.47 Å². The molecule has 0 N–H and O–H groups in total. The van der Waals surface area contributed by atoms with Crippen LogP contribution >= 0.6 is 0 Å². The minimum Gasteiger partial charge on any atom is -0.496 e. The average Bonchev–Trinajstić information content (AvgIpc) is 3.07. The fraction of sp³-hybridized carbons (Fsp3) is 0.297. The molecule has 0 aliphatic rings. The number of carbonyl (C=O) groups excluding carboxylic acids is 2. The maximum absolute atomic E-state index is 14.9. The predicted molar refractivity (Wildman–Crippen MR) is 170 cm³/mol. The van der Waals surface area contributed by atoms with Gasteiger partial charge in [0.25, 0.3) is 0 Å². The summed E-state index contributed by atoms with van der Waals surface area (Å²) in [6.07, 6.45) is -16.9. The number of benzene rings is 4. The second-order valence-electron chi connectivity index (χ2n) is 12.1. The van der Waals surface area contributed by atoms with Gasteiger partial charge >= 0.3 is 24.6 Å². The maximum Gasteiger partial charge on any atom is 0.416 e. The third-order valence-electron chi connectivity index (χ3n) is 8.16. The van der Waals surface area contributed by atoms with Gasteiger partial charge in [-0.1, -0.05) is 50.2 Å². The molecule has 0 radical (unpaired) electrons. The second-order valence-corrected chi connectivity index (χ2v) is 12.1. The highest BCUT2D eigenvalue weighted by molar-refractivity contribution is 6.01. The first-order valence-electron chi connectivity index (χ1n) is 15.5. The van der Waals surface area contributed by atoms with Crippen molar-refractivity contribution in [3.63, 3.8) is 0 Å². The number of ketones is 1. The van der Waals surface area contributed by atoms with Crippen molar-refractivity contribution in [1.82, 2.24) is 4.90 Å². The molecule has 0 bridgehead atoms. The van der Waals surface area contributed by atoms with Crippen LogP contribution in [0.4, 0.5) is 48.7 Å². The predicted octanol–water partition coefficient (Wildman–Crippen LogP) is 11.1. The van der Waals surface area contributed by atoms with Gasteiger partial charge in [-0.2, -0.15) is 39.5 Å². The van der Waals surface area contributed by atoms with Crippen LogP contribution in [0.1, 0.15) is 70.4 Å². The van der Waals surface area contributed by atoms with Gasteiger partial charge in [-0.05, 0) is 71.5 Å². The normalized spacial score (nSPS) is 12.8. The number of hydrogen-bond acceptors (Lipinski definition) is 4. The van der Waals surface area contributed by atoms with Crippen LogP contribution < -0.4 is 4.74 Å². The van der Waals surface area contributed by atoms with Crippen LogP contribution in [-0.2, 0) is 36.4 Å². The summed E-state index contributed by atoms with van der Waals surface area (Å²) < 4.78 is 150. The number of amides is 1.